The van der Waals surface area contributed by atoms with Gasteiger partial charge in [0.1, 0.15) is 0 Å². The van der Waals surface area contributed by atoms with Crippen molar-refractivity contribution in [3.8, 4) is 0 Å². The van der Waals surface area contributed by atoms with Crippen LogP contribution >= 0.6 is 0 Å². The quantitative estimate of drug-likeness (QED) is 0.611. The van der Waals surface area contributed by atoms with E-state index in [0.717, 1.165) is 25.7 Å². The van der Waals surface area contributed by atoms with E-state index in [1.807, 2.05) is 0 Å². The summed E-state index contributed by atoms with van der Waals surface area (Å²) in [6.07, 6.45) is 4.99. The lowest BCUT2D eigenvalue weighted by atomic mass is 9.73. The maximum Gasteiger partial charge on any atom is 0.225 e. The Morgan fingerprint density at radius 3 is 2.09 bits per heavy atom. The largest absolute Gasteiger partial charge is 0.369 e. The van der Waals surface area contributed by atoms with Crippen LogP contribution in [0, 0.1) is 12.0 Å². The molecule has 0 spiro atoms. The molecule has 0 unspecified atom stereocenters. The summed E-state index contributed by atoms with van der Waals surface area (Å²) in [6.45, 7) is 1.48. The van der Waals surface area contributed by atoms with Crippen LogP contribution in [-0.2, 0) is 4.79 Å². The number of hydrogen-bond donors (Lipinski definition) is 2. The molecule has 0 heterocycles. The van der Waals surface area contributed by atoms with Crippen molar-refractivity contribution in [3.05, 3.63) is 6.54 Å². The second-order valence-electron chi connectivity index (χ2n) is 3.25. The predicted octanol–water partition coefficient (Wildman–Crippen LogP) is 0.543. The molecule has 4 N–H and O–H groups in total. The Morgan fingerprint density at radius 1 is 1.27 bits per heavy atom. The molecule has 1 aliphatic carbocycles. The third-order valence-corrected chi connectivity index (χ3v) is 2.56. The SMILES string of the molecule is N[CH]C1(C(N)=O)CCCCC1. The Bertz CT molecular complexity index is 150. The fraction of sp³-hybridized carbons (Fsp3) is 0.750. The van der Waals surface area contributed by atoms with E-state index >= 15 is 0 Å². The van der Waals surface area contributed by atoms with Gasteiger partial charge in [-0.3, -0.25) is 4.79 Å². The topological polar surface area (TPSA) is 69.1 Å². The molecule has 0 aromatic rings. The Hall–Kier alpha value is -0.570. The highest BCUT2D eigenvalue weighted by Gasteiger charge is 2.36. The first kappa shape index (κ1) is 8.53. The highest BCUT2D eigenvalue weighted by atomic mass is 16.1. The average Bonchev–Trinajstić information content (AvgIpc) is 2.05. The summed E-state index contributed by atoms with van der Waals surface area (Å²) in [5.74, 6) is -0.264. The van der Waals surface area contributed by atoms with E-state index in [9.17, 15) is 4.79 Å². The van der Waals surface area contributed by atoms with Crippen LogP contribution in [0.2, 0.25) is 0 Å². The summed E-state index contributed by atoms with van der Waals surface area (Å²) in [4.78, 5) is 11.0. The van der Waals surface area contributed by atoms with Gasteiger partial charge in [-0.25, -0.2) is 0 Å². The zero-order chi connectivity index (χ0) is 8.32. The molecule has 0 saturated heterocycles. The summed E-state index contributed by atoms with van der Waals surface area (Å²) >= 11 is 0. The summed E-state index contributed by atoms with van der Waals surface area (Å²) in [5, 5.41) is 0. The van der Waals surface area contributed by atoms with Crippen molar-refractivity contribution < 1.29 is 4.79 Å². The Kier molecular flexibility index (Phi) is 2.49. The standard InChI is InChI=1S/C8H15N2O/c9-6-8(7(10)11)4-2-1-3-5-8/h6H,1-5,9H2,(H2,10,11). The van der Waals surface area contributed by atoms with Crippen LogP contribution in [0.3, 0.4) is 0 Å². The van der Waals surface area contributed by atoms with Gasteiger partial charge in [-0.05, 0) is 12.8 Å². The lowest BCUT2D eigenvalue weighted by molar-refractivity contribution is -0.127. The minimum absolute atomic E-state index is 0.264. The molecule has 0 aromatic heterocycles. The summed E-state index contributed by atoms with van der Waals surface area (Å²) in [6, 6.07) is 0. The maximum atomic E-state index is 11.0. The van der Waals surface area contributed by atoms with Gasteiger partial charge in [0.05, 0.1) is 5.41 Å². The van der Waals surface area contributed by atoms with Crippen LogP contribution in [0.1, 0.15) is 32.1 Å². The maximum absolute atomic E-state index is 11.0. The molecule has 1 amide bonds. The van der Waals surface area contributed by atoms with Gasteiger partial charge in [0.25, 0.3) is 0 Å². The molecule has 1 radical (unpaired) electrons. The number of carbonyl (C=O) groups is 1. The zero-order valence-corrected chi connectivity index (χ0v) is 6.68. The van der Waals surface area contributed by atoms with Crippen molar-refractivity contribution in [1.29, 1.82) is 0 Å². The molecule has 1 saturated carbocycles. The van der Waals surface area contributed by atoms with Crippen molar-refractivity contribution in [3.63, 3.8) is 0 Å². The van der Waals surface area contributed by atoms with Crippen LogP contribution in [0.15, 0.2) is 0 Å². The van der Waals surface area contributed by atoms with Gasteiger partial charge < -0.3 is 11.5 Å². The third kappa shape index (κ3) is 1.53. The average molecular weight is 155 g/mol. The summed E-state index contributed by atoms with van der Waals surface area (Å²) in [7, 11) is 0. The van der Waals surface area contributed by atoms with Gasteiger partial charge in [0.2, 0.25) is 5.91 Å². The Balaban J connectivity index is 2.64. The van der Waals surface area contributed by atoms with Crippen molar-refractivity contribution in [2.75, 3.05) is 0 Å². The molecule has 3 heteroatoms. The normalized spacial score (nSPS) is 23.0. The monoisotopic (exact) mass is 155 g/mol. The van der Waals surface area contributed by atoms with Gasteiger partial charge >= 0.3 is 0 Å². The summed E-state index contributed by atoms with van der Waals surface area (Å²) in [5.41, 5.74) is 10.2. The molecule has 0 bridgehead atoms. The molecule has 1 aliphatic rings. The molecule has 63 valence electrons. The van der Waals surface area contributed by atoms with Crippen molar-refractivity contribution in [2.45, 2.75) is 32.1 Å². The number of hydrogen-bond acceptors (Lipinski definition) is 2. The molecular formula is C8H15N2O. The Morgan fingerprint density at radius 2 is 1.82 bits per heavy atom. The first-order chi connectivity index (χ1) is 5.21. The second-order valence-corrected chi connectivity index (χ2v) is 3.25. The van der Waals surface area contributed by atoms with Crippen molar-refractivity contribution in [1.82, 2.24) is 0 Å². The van der Waals surface area contributed by atoms with E-state index < -0.39 is 5.41 Å². The van der Waals surface area contributed by atoms with Gasteiger partial charge in [0, 0.05) is 6.54 Å². The smallest absolute Gasteiger partial charge is 0.225 e. The molecular weight excluding hydrogens is 140 g/mol. The molecule has 0 aliphatic heterocycles. The number of amides is 1. The van der Waals surface area contributed by atoms with E-state index in [0.29, 0.717) is 0 Å². The van der Waals surface area contributed by atoms with Crippen LogP contribution in [0.25, 0.3) is 0 Å². The van der Waals surface area contributed by atoms with Crippen LogP contribution in [-0.4, -0.2) is 5.91 Å². The van der Waals surface area contributed by atoms with Gasteiger partial charge in [0.15, 0.2) is 0 Å². The minimum atomic E-state index is -0.488. The molecule has 1 rings (SSSR count). The summed E-state index contributed by atoms with van der Waals surface area (Å²) < 4.78 is 0. The Labute approximate surface area is 67.1 Å². The predicted molar refractivity (Wildman–Crippen MR) is 43.2 cm³/mol. The third-order valence-electron chi connectivity index (χ3n) is 2.56. The highest BCUT2D eigenvalue weighted by Crippen LogP contribution is 2.36. The van der Waals surface area contributed by atoms with Crippen LogP contribution < -0.4 is 11.5 Å². The highest BCUT2D eigenvalue weighted by molar-refractivity contribution is 5.82. The first-order valence-corrected chi connectivity index (χ1v) is 4.07. The fourth-order valence-electron chi connectivity index (χ4n) is 1.68. The first-order valence-electron chi connectivity index (χ1n) is 4.07. The van der Waals surface area contributed by atoms with E-state index in [-0.39, 0.29) is 5.91 Å². The van der Waals surface area contributed by atoms with Crippen molar-refractivity contribution >= 4 is 5.91 Å². The zero-order valence-electron chi connectivity index (χ0n) is 6.68. The van der Waals surface area contributed by atoms with Gasteiger partial charge in [-0.15, -0.1) is 0 Å². The van der Waals surface area contributed by atoms with Gasteiger partial charge in [-0.2, -0.15) is 0 Å². The second kappa shape index (κ2) is 3.22. The number of rotatable bonds is 2. The molecule has 0 aromatic carbocycles. The van der Waals surface area contributed by atoms with E-state index in [1.165, 1.54) is 13.0 Å². The van der Waals surface area contributed by atoms with E-state index in [1.54, 1.807) is 0 Å². The van der Waals surface area contributed by atoms with Crippen LogP contribution in [0.4, 0.5) is 0 Å². The minimum Gasteiger partial charge on any atom is -0.369 e. The number of primary amides is 1. The van der Waals surface area contributed by atoms with Crippen LogP contribution in [0.5, 0.6) is 0 Å². The fourth-order valence-corrected chi connectivity index (χ4v) is 1.68. The molecule has 1 fully saturated rings. The lowest BCUT2D eigenvalue weighted by Crippen LogP contribution is -2.41. The number of carbonyl (C=O) groups excluding carboxylic acids is 1. The lowest BCUT2D eigenvalue weighted by Gasteiger charge is -2.32. The number of nitrogens with two attached hydrogens (primary N) is 2. The van der Waals surface area contributed by atoms with Gasteiger partial charge in [-0.1, -0.05) is 19.3 Å². The van der Waals surface area contributed by atoms with E-state index in [2.05, 4.69) is 0 Å². The molecule has 11 heavy (non-hydrogen) atoms. The van der Waals surface area contributed by atoms with Crippen molar-refractivity contribution in [2.24, 2.45) is 16.9 Å². The molecule has 3 nitrogen and oxygen atoms in total. The van der Waals surface area contributed by atoms with E-state index in [4.69, 9.17) is 11.5 Å². The molecule has 0 atom stereocenters.